The third-order valence-corrected chi connectivity index (χ3v) is 7.14. The maximum atomic E-state index is 13.6. The van der Waals surface area contributed by atoms with E-state index in [9.17, 15) is 9.59 Å². The number of halogens is 2. The Labute approximate surface area is 221 Å². The van der Waals surface area contributed by atoms with Crippen molar-refractivity contribution in [1.82, 2.24) is 9.80 Å². The molecule has 1 heterocycles. The van der Waals surface area contributed by atoms with Gasteiger partial charge >= 0.3 is 0 Å². The van der Waals surface area contributed by atoms with Crippen LogP contribution in [0.4, 0.5) is 0 Å². The molecule has 0 aliphatic carbocycles. The molecule has 8 heteroatoms. The number of aryl methyl sites for hydroxylation is 1. The van der Waals surface area contributed by atoms with Crippen molar-refractivity contribution in [1.29, 1.82) is 0 Å². The van der Waals surface area contributed by atoms with Crippen LogP contribution in [0.1, 0.15) is 39.0 Å². The second-order valence-electron chi connectivity index (χ2n) is 8.15. The van der Waals surface area contributed by atoms with Crippen LogP contribution in [0.15, 0.2) is 60.7 Å². The molecule has 1 aromatic heterocycles. The number of hydrogen-bond donors (Lipinski definition) is 0. The monoisotopic (exact) mass is 532 g/mol. The first kappa shape index (κ1) is 27.2. The molecule has 0 bridgehead atoms. The van der Waals surface area contributed by atoms with Gasteiger partial charge in [-0.2, -0.15) is 0 Å². The van der Waals surface area contributed by atoms with E-state index in [1.165, 1.54) is 4.88 Å². The van der Waals surface area contributed by atoms with Gasteiger partial charge in [-0.15, -0.1) is 11.3 Å². The number of ether oxygens (including phenoxy) is 1. The third-order valence-electron chi connectivity index (χ3n) is 5.41. The Morgan fingerprint density at radius 3 is 2.37 bits per heavy atom. The molecule has 186 valence electrons. The summed E-state index contributed by atoms with van der Waals surface area (Å²) in [6.45, 7) is 6.39. The van der Waals surface area contributed by atoms with Gasteiger partial charge in [0.25, 0.3) is 5.91 Å². The summed E-state index contributed by atoms with van der Waals surface area (Å²) in [5.74, 6) is -0.384. The van der Waals surface area contributed by atoms with Gasteiger partial charge in [-0.1, -0.05) is 53.5 Å². The van der Waals surface area contributed by atoms with Gasteiger partial charge < -0.3 is 14.5 Å². The molecule has 2 aromatic carbocycles. The van der Waals surface area contributed by atoms with Crippen LogP contribution < -0.4 is 0 Å². The van der Waals surface area contributed by atoms with Crippen molar-refractivity contribution in [3.05, 3.63) is 91.6 Å². The molecule has 0 fully saturated rings. The predicted octanol–water partition coefficient (Wildman–Crippen LogP) is 6.46. The highest BCUT2D eigenvalue weighted by molar-refractivity contribution is 7.11. The Balaban J connectivity index is 1.80. The van der Waals surface area contributed by atoms with Crippen LogP contribution in [0, 0.1) is 6.92 Å². The van der Waals surface area contributed by atoms with E-state index in [0.717, 1.165) is 10.4 Å². The highest BCUT2D eigenvalue weighted by Crippen LogP contribution is 2.24. The summed E-state index contributed by atoms with van der Waals surface area (Å²) >= 11 is 13.9. The minimum atomic E-state index is -0.264. The first-order valence-electron chi connectivity index (χ1n) is 11.6. The smallest absolute Gasteiger partial charge is 0.254 e. The summed E-state index contributed by atoms with van der Waals surface area (Å²) < 4.78 is 5.45. The lowest BCUT2D eigenvalue weighted by molar-refractivity contribution is -0.133. The Morgan fingerprint density at radius 2 is 1.71 bits per heavy atom. The van der Waals surface area contributed by atoms with Crippen molar-refractivity contribution in [2.24, 2.45) is 0 Å². The second-order valence-corrected chi connectivity index (χ2v) is 10.3. The summed E-state index contributed by atoms with van der Waals surface area (Å²) in [6, 6.07) is 18.7. The summed E-state index contributed by atoms with van der Waals surface area (Å²) in [5, 5.41) is 0.680. The number of rotatable bonds is 12. The number of amides is 2. The Kier molecular flexibility index (Phi) is 10.6. The molecule has 0 aliphatic heterocycles. The molecule has 0 N–H and O–H groups in total. The van der Waals surface area contributed by atoms with Crippen LogP contribution in [-0.4, -0.2) is 47.9 Å². The number of thiophene rings is 1. The lowest BCUT2D eigenvalue weighted by Crippen LogP contribution is -2.43. The van der Waals surface area contributed by atoms with E-state index in [-0.39, 0.29) is 18.4 Å². The molecule has 3 rings (SSSR count). The van der Waals surface area contributed by atoms with Crippen LogP contribution in [0.25, 0.3) is 0 Å². The van der Waals surface area contributed by atoms with Crippen molar-refractivity contribution >= 4 is 46.4 Å². The fraction of sp³-hybridized carbons (Fsp3) is 0.333. The van der Waals surface area contributed by atoms with Gasteiger partial charge in [0.1, 0.15) is 6.54 Å². The molecular weight excluding hydrogens is 503 g/mol. The van der Waals surface area contributed by atoms with Crippen molar-refractivity contribution in [2.45, 2.75) is 33.4 Å². The van der Waals surface area contributed by atoms with E-state index in [2.05, 4.69) is 6.07 Å². The predicted molar refractivity (Wildman–Crippen MR) is 143 cm³/mol. The Bertz CT molecular complexity index is 1120. The van der Waals surface area contributed by atoms with Crippen LogP contribution in [-0.2, 0) is 22.6 Å². The maximum Gasteiger partial charge on any atom is 0.254 e. The number of hydrogen-bond acceptors (Lipinski definition) is 4. The molecule has 0 spiro atoms. The van der Waals surface area contributed by atoms with E-state index >= 15 is 0 Å². The zero-order valence-corrected chi connectivity index (χ0v) is 22.3. The Morgan fingerprint density at radius 1 is 0.943 bits per heavy atom. The van der Waals surface area contributed by atoms with E-state index in [1.54, 1.807) is 39.3 Å². The number of carbonyl (C=O) groups is 2. The summed E-state index contributed by atoms with van der Waals surface area (Å²) in [7, 11) is 0. The van der Waals surface area contributed by atoms with Gasteiger partial charge in [-0.25, -0.2) is 0 Å². The van der Waals surface area contributed by atoms with Crippen molar-refractivity contribution in [3.63, 3.8) is 0 Å². The maximum absolute atomic E-state index is 13.6. The van der Waals surface area contributed by atoms with Crippen LogP contribution in [0.2, 0.25) is 10.0 Å². The van der Waals surface area contributed by atoms with Gasteiger partial charge in [0.05, 0.1) is 16.6 Å². The van der Waals surface area contributed by atoms with Crippen molar-refractivity contribution < 1.29 is 14.3 Å². The quantitative estimate of drug-likeness (QED) is 0.251. The minimum Gasteiger partial charge on any atom is -0.382 e. The highest BCUT2D eigenvalue weighted by atomic mass is 35.5. The minimum absolute atomic E-state index is 0.0393. The first-order chi connectivity index (χ1) is 16.9. The largest absolute Gasteiger partial charge is 0.382 e. The molecule has 0 unspecified atom stereocenters. The molecule has 0 saturated carbocycles. The topological polar surface area (TPSA) is 49.9 Å². The van der Waals surface area contributed by atoms with Gasteiger partial charge in [-0.05, 0) is 56.2 Å². The molecular formula is C27H30Cl2N2O3S. The fourth-order valence-corrected chi connectivity index (χ4v) is 4.83. The molecule has 2 amide bonds. The molecule has 0 saturated heterocycles. The highest BCUT2D eigenvalue weighted by Gasteiger charge is 2.23. The number of benzene rings is 2. The van der Waals surface area contributed by atoms with E-state index in [0.29, 0.717) is 54.9 Å². The summed E-state index contributed by atoms with van der Waals surface area (Å²) in [4.78, 5) is 32.6. The Hall–Kier alpha value is -2.38. The summed E-state index contributed by atoms with van der Waals surface area (Å²) in [5.41, 5.74) is 1.43. The average Bonchev–Trinajstić information content (AvgIpc) is 3.27. The molecule has 5 nitrogen and oxygen atoms in total. The third kappa shape index (κ3) is 8.36. The standard InChI is InChI=1S/C27H30Cl2N2O3S/c1-3-34-15-7-14-30(27(33)22-11-13-24(28)25(29)16-22)19-26(32)31(17-21-8-5-4-6-9-21)18-23-12-10-20(2)35-23/h4-6,8-13,16H,3,7,14-15,17-19H2,1-2H3. The lowest BCUT2D eigenvalue weighted by atomic mass is 10.1. The lowest BCUT2D eigenvalue weighted by Gasteiger charge is -2.28. The normalized spacial score (nSPS) is 10.9. The van der Waals surface area contributed by atoms with Gasteiger partial charge in [0.15, 0.2) is 0 Å². The average molecular weight is 534 g/mol. The molecule has 35 heavy (non-hydrogen) atoms. The van der Waals surface area contributed by atoms with Gasteiger partial charge in [0.2, 0.25) is 5.91 Å². The zero-order chi connectivity index (χ0) is 25.2. The van der Waals surface area contributed by atoms with E-state index in [1.807, 2.05) is 50.2 Å². The SMILES string of the molecule is CCOCCCN(CC(=O)N(Cc1ccccc1)Cc1ccc(C)s1)C(=O)c1ccc(Cl)c(Cl)c1. The first-order valence-corrected chi connectivity index (χ1v) is 13.1. The van der Waals surface area contributed by atoms with Crippen molar-refractivity contribution in [2.75, 3.05) is 26.3 Å². The van der Waals surface area contributed by atoms with Crippen LogP contribution in [0.3, 0.4) is 0 Å². The molecule has 0 aliphatic rings. The van der Waals surface area contributed by atoms with E-state index in [4.69, 9.17) is 27.9 Å². The zero-order valence-electron chi connectivity index (χ0n) is 20.0. The molecule has 0 atom stereocenters. The molecule has 3 aromatic rings. The van der Waals surface area contributed by atoms with E-state index < -0.39 is 0 Å². The second kappa shape index (κ2) is 13.6. The number of nitrogens with zero attached hydrogens (tertiary/aromatic N) is 2. The number of carbonyl (C=O) groups excluding carboxylic acids is 2. The fourth-order valence-electron chi connectivity index (χ4n) is 3.62. The van der Waals surface area contributed by atoms with Crippen molar-refractivity contribution in [3.8, 4) is 0 Å². The summed E-state index contributed by atoms with van der Waals surface area (Å²) in [6.07, 6.45) is 0.622. The van der Waals surface area contributed by atoms with Crippen LogP contribution >= 0.6 is 34.5 Å². The molecule has 0 radical (unpaired) electrons. The van der Waals surface area contributed by atoms with Crippen LogP contribution in [0.5, 0.6) is 0 Å². The van der Waals surface area contributed by atoms with Gasteiger partial charge in [-0.3, -0.25) is 9.59 Å². The van der Waals surface area contributed by atoms with Gasteiger partial charge in [0, 0.05) is 41.6 Å².